The Balaban J connectivity index is 2.64. The van der Waals surface area contributed by atoms with Gasteiger partial charge in [0.15, 0.2) is 11.6 Å². The van der Waals surface area contributed by atoms with Gasteiger partial charge in [-0.1, -0.05) is 6.92 Å². The average molecular weight is 254 g/mol. The van der Waals surface area contributed by atoms with E-state index in [9.17, 15) is 9.18 Å². The van der Waals surface area contributed by atoms with Gasteiger partial charge in [0.05, 0.1) is 7.11 Å². The number of nitrogens with one attached hydrogen (secondary N) is 1. The molecule has 0 saturated carbocycles. The number of nitrogens with two attached hydrogens (primary N) is 1. The van der Waals surface area contributed by atoms with Crippen LogP contribution in [-0.2, 0) is 4.79 Å². The lowest BCUT2D eigenvalue weighted by atomic mass is 10.0. The molecular formula is C13H19FN2O2. The molecule has 0 heterocycles. The summed E-state index contributed by atoms with van der Waals surface area (Å²) in [5, 5.41) is 2.73. The number of amides is 1. The first-order valence-electron chi connectivity index (χ1n) is 5.93. The van der Waals surface area contributed by atoms with Crippen molar-refractivity contribution in [2.24, 2.45) is 11.7 Å². The summed E-state index contributed by atoms with van der Waals surface area (Å²) < 4.78 is 18.0. The second kappa shape index (κ2) is 6.96. The molecule has 0 aliphatic heterocycles. The van der Waals surface area contributed by atoms with Crippen LogP contribution < -0.4 is 15.8 Å². The molecule has 1 atom stereocenters. The van der Waals surface area contributed by atoms with Crippen LogP contribution in [0.4, 0.5) is 10.1 Å². The van der Waals surface area contributed by atoms with Gasteiger partial charge in [-0.05, 0) is 31.5 Å². The summed E-state index contributed by atoms with van der Waals surface area (Å²) in [5.41, 5.74) is 5.92. The number of carbonyl (C=O) groups is 1. The molecule has 4 nitrogen and oxygen atoms in total. The summed E-state index contributed by atoms with van der Waals surface area (Å²) in [6.07, 6.45) is 1.54. The lowest BCUT2D eigenvalue weighted by Gasteiger charge is -2.12. The highest BCUT2D eigenvalue weighted by atomic mass is 19.1. The van der Waals surface area contributed by atoms with E-state index in [1.807, 2.05) is 6.92 Å². The van der Waals surface area contributed by atoms with Crippen LogP contribution in [-0.4, -0.2) is 19.6 Å². The zero-order valence-corrected chi connectivity index (χ0v) is 10.7. The van der Waals surface area contributed by atoms with E-state index in [1.165, 1.54) is 25.3 Å². The minimum Gasteiger partial charge on any atom is -0.494 e. The van der Waals surface area contributed by atoms with Gasteiger partial charge >= 0.3 is 0 Å². The zero-order valence-electron chi connectivity index (χ0n) is 10.7. The molecule has 0 radical (unpaired) electrons. The Hall–Kier alpha value is -1.62. The molecule has 18 heavy (non-hydrogen) atoms. The molecular weight excluding hydrogens is 235 g/mol. The fraction of sp³-hybridized carbons (Fsp3) is 0.462. The Bertz CT molecular complexity index is 410. The number of anilines is 1. The van der Waals surface area contributed by atoms with Gasteiger partial charge in [-0.3, -0.25) is 4.79 Å². The molecule has 5 heteroatoms. The molecule has 0 bridgehead atoms. The maximum Gasteiger partial charge on any atom is 0.227 e. The number of hydrogen-bond donors (Lipinski definition) is 2. The van der Waals surface area contributed by atoms with Crippen LogP contribution in [0.1, 0.15) is 19.8 Å². The minimum atomic E-state index is -0.452. The van der Waals surface area contributed by atoms with Gasteiger partial charge in [-0.2, -0.15) is 0 Å². The van der Waals surface area contributed by atoms with E-state index in [1.54, 1.807) is 0 Å². The molecule has 0 aromatic heterocycles. The summed E-state index contributed by atoms with van der Waals surface area (Å²) in [5.74, 6) is -0.559. The Morgan fingerprint density at radius 1 is 1.56 bits per heavy atom. The third-order valence-corrected chi connectivity index (χ3v) is 2.71. The molecule has 1 unspecified atom stereocenters. The van der Waals surface area contributed by atoms with Crippen molar-refractivity contribution in [2.75, 3.05) is 19.0 Å². The van der Waals surface area contributed by atoms with Gasteiger partial charge in [0.2, 0.25) is 5.91 Å². The quantitative estimate of drug-likeness (QED) is 0.817. The monoisotopic (exact) mass is 254 g/mol. The third-order valence-electron chi connectivity index (χ3n) is 2.71. The van der Waals surface area contributed by atoms with Crippen LogP contribution in [0.3, 0.4) is 0 Å². The number of methoxy groups -OCH3 is 1. The second-order valence-corrected chi connectivity index (χ2v) is 4.17. The molecule has 1 aromatic carbocycles. The highest BCUT2D eigenvalue weighted by Crippen LogP contribution is 2.22. The number of halogens is 1. The molecule has 0 fully saturated rings. The first-order chi connectivity index (χ1) is 8.58. The number of carbonyl (C=O) groups excluding carboxylic acids is 1. The van der Waals surface area contributed by atoms with Crippen molar-refractivity contribution in [3.63, 3.8) is 0 Å². The van der Waals surface area contributed by atoms with Crippen LogP contribution in [0.25, 0.3) is 0 Å². The van der Waals surface area contributed by atoms with Gasteiger partial charge in [0, 0.05) is 17.7 Å². The van der Waals surface area contributed by atoms with Gasteiger partial charge in [-0.25, -0.2) is 4.39 Å². The molecule has 0 saturated heterocycles. The van der Waals surface area contributed by atoms with Gasteiger partial charge < -0.3 is 15.8 Å². The van der Waals surface area contributed by atoms with Crippen LogP contribution in [0.15, 0.2) is 18.2 Å². The van der Waals surface area contributed by atoms with E-state index in [2.05, 4.69) is 5.32 Å². The maximum atomic E-state index is 13.2. The minimum absolute atomic E-state index is 0.0999. The molecule has 1 aromatic rings. The first kappa shape index (κ1) is 14.4. The van der Waals surface area contributed by atoms with E-state index < -0.39 is 5.82 Å². The molecule has 3 N–H and O–H groups in total. The van der Waals surface area contributed by atoms with Gasteiger partial charge in [0.25, 0.3) is 0 Å². The Kier molecular flexibility index (Phi) is 5.58. The molecule has 100 valence electrons. The Morgan fingerprint density at radius 2 is 2.28 bits per heavy atom. The van der Waals surface area contributed by atoms with E-state index >= 15 is 0 Å². The van der Waals surface area contributed by atoms with Crippen molar-refractivity contribution >= 4 is 11.6 Å². The largest absolute Gasteiger partial charge is 0.494 e. The van der Waals surface area contributed by atoms with Gasteiger partial charge in [-0.15, -0.1) is 0 Å². The number of ether oxygens (including phenoxy) is 1. The molecule has 0 spiro atoms. The van der Waals surface area contributed by atoms with E-state index in [4.69, 9.17) is 10.5 Å². The van der Waals surface area contributed by atoms with Crippen molar-refractivity contribution in [3.8, 4) is 5.75 Å². The summed E-state index contributed by atoms with van der Waals surface area (Å²) in [7, 11) is 1.38. The first-order valence-corrected chi connectivity index (χ1v) is 5.93. The topological polar surface area (TPSA) is 64.3 Å². The Morgan fingerprint density at radius 3 is 2.89 bits per heavy atom. The van der Waals surface area contributed by atoms with Crippen LogP contribution in [0.2, 0.25) is 0 Å². The van der Waals surface area contributed by atoms with E-state index in [0.717, 1.165) is 12.8 Å². The summed E-state index contributed by atoms with van der Waals surface area (Å²) in [6.45, 7) is 2.41. The summed E-state index contributed by atoms with van der Waals surface area (Å²) >= 11 is 0. The van der Waals surface area contributed by atoms with Gasteiger partial charge in [0.1, 0.15) is 0 Å². The zero-order chi connectivity index (χ0) is 13.5. The predicted octanol–water partition coefficient (Wildman–Crippen LogP) is 2.15. The summed E-state index contributed by atoms with van der Waals surface area (Å²) in [4.78, 5) is 11.8. The van der Waals surface area contributed by atoms with E-state index in [0.29, 0.717) is 12.2 Å². The third kappa shape index (κ3) is 4.00. The molecule has 1 amide bonds. The van der Waals surface area contributed by atoms with Crippen molar-refractivity contribution in [3.05, 3.63) is 24.0 Å². The maximum absolute atomic E-state index is 13.2. The molecule has 0 aliphatic rings. The van der Waals surface area contributed by atoms with Crippen LogP contribution in [0.5, 0.6) is 5.75 Å². The second-order valence-electron chi connectivity index (χ2n) is 4.17. The van der Waals surface area contributed by atoms with Crippen LogP contribution >= 0.6 is 0 Å². The normalized spacial score (nSPS) is 12.0. The van der Waals surface area contributed by atoms with E-state index in [-0.39, 0.29) is 17.6 Å². The number of benzene rings is 1. The lowest BCUT2D eigenvalue weighted by molar-refractivity contribution is -0.119. The standard InChI is InChI=1S/C13H19FN2O2/c1-9(4-3-7-15)13(17)16-10-5-6-11(14)12(8-10)18-2/h5-6,8-9H,3-4,7,15H2,1-2H3,(H,16,17). The SMILES string of the molecule is COc1cc(NC(=O)C(C)CCCN)ccc1F. The predicted molar refractivity (Wildman–Crippen MR) is 69.0 cm³/mol. The Labute approximate surface area is 106 Å². The highest BCUT2D eigenvalue weighted by molar-refractivity contribution is 5.92. The molecule has 0 aliphatic carbocycles. The fourth-order valence-electron chi connectivity index (χ4n) is 1.56. The fourth-order valence-corrected chi connectivity index (χ4v) is 1.56. The smallest absolute Gasteiger partial charge is 0.227 e. The van der Waals surface area contributed by atoms with Crippen molar-refractivity contribution < 1.29 is 13.9 Å². The van der Waals surface area contributed by atoms with Crippen molar-refractivity contribution in [1.29, 1.82) is 0 Å². The van der Waals surface area contributed by atoms with Crippen LogP contribution in [0, 0.1) is 11.7 Å². The highest BCUT2D eigenvalue weighted by Gasteiger charge is 2.13. The number of rotatable bonds is 6. The summed E-state index contributed by atoms with van der Waals surface area (Å²) in [6, 6.07) is 4.23. The number of hydrogen-bond acceptors (Lipinski definition) is 3. The van der Waals surface area contributed by atoms with Crippen molar-refractivity contribution in [2.45, 2.75) is 19.8 Å². The lowest BCUT2D eigenvalue weighted by Crippen LogP contribution is -2.21. The average Bonchev–Trinajstić information content (AvgIpc) is 2.37. The molecule has 1 rings (SSSR count). The van der Waals surface area contributed by atoms with Crippen molar-refractivity contribution in [1.82, 2.24) is 0 Å².